The fourth-order valence-corrected chi connectivity index (χ4v) is 5.30. The number of amides is 1. The summed E-state index contributed by atoms with van der Waals surface area (Å²) in [6.07, 6.45) is 5.34. The molecule has 1 aliphatic heterocycles. The summed E-state index contributed by atoms with van der Waals surface area (Å²) in [6, 6.07) is 14.3. The van der Waals surface area contributed by atoms with Crippen LogP contribution in [0.5, 0.6) is 0 Å². The van der Waals surface area contributed by atoms with Crippen LogP contribution in [-0.4, -0.2) is 69.1 Å². The van der Waals surface area contributed by atoms with Crippen molar-refractivity contribution in [1.82, 2.24) is 9.80 Å². The van der Waals surface area contributed by atoms with E-state index in [4.69, 9.17) is 11.6 Å². The molecule has 2 aromatic carbocycles. The van der Waals surface area contributed by atoms with Crippen molar-refractivity contribution >= 4 is 39.3 Å². The highest BCUT2D eigenvalue weighted by Gasteiger charge is 2.34. The zero-order valence-corrected chi connectivity index (χ0v) is 20.3. The quantitative estimate of drug-likeness (QED) is 0.613. The molecule has 0 aliphatic carbocycles. The Balaban J connectivity index is 1.64. The lowest BCUT2D eigenvalue weighted by atomic mass is 10.1. The number of sulfonamides is 1. The minimum absolute atomic E-state index is 0.200. The van der Waals surface area contributed by atoms with E-state index in [1.165, 1.54) is 4.31 Å². The number of hydrogen-bond donors (Lipinski definition) is 0. The molecule has 2 aromatic rings. The molecule has 0 bridgehead atoms. The Labute approximate surface area is 196 Å². The van der Waals surface area contributed by atoms with E-state index in [0.717, 1.165) is 37.0 Å². The maximum atomic E-state index is 13.2. The highest BCUT2D eigenvalue weighted by Crippen LogP contribution is 2.28. The fraction of sp³-hybridized carbons (Fsp3) is 0.375. The molecule has 0 spiro atoms. The summed E-state index contributed by atoms with van der Waals surface area (Å²) >= 11 is 6.11. The van der Waals surface area contributed by atoms with Gasteiger partial charge in [0.25, 0.3) is 0 Å². The molecular formula is C24H30ClN3O3S. The summed E-state index contributed by atoms with van der Waals surface area (Å²) in [5.74, 6) is -0.200. The average Bonchev–Trinajstić information content (AvgIpc) is 2.76. The van der Waals surface area contributed by atoms with Gasteiger partial charge >= 0.3 is 0 Å². The van der Waals surface area contributed by atoms with Gasteiger partial charge in [-0.15, -0.1) is 0 Å². The van der Waals surface area contributed by atoms with Crippen molar-refractivity contribution in [3.05, 3.63) is 70.8 Å². The van der Waals surface area contributed by atoms with Gasteiger partial charge in [0, 0.05) is 37.7 Å². The molecule has 1 fully saturated rings. The molecule has 172 valence electrons. The first-order valence-corrected chi connectivity index (χ1v) is 12.9. The van der Waals surface area contributed by atoms with Gasteiger partial charge in [-0.2, -0.15) is 0 Å². The van der Waals surface area contributed by atoms with Crippen LogP contribution in [0.3, 0.4) is 0 Å². The first-order valence-electron chi connectivity index (χ1n) is 10.6. The van der Waals surface area contributed by atoms with Crippen LogP contribution in [0.4, 0.5) is 5.69 Å². The molecule has 0 radical (unpaired) electrons. The molecule has 8 heteroatoms. The summed E-state index contributed by atoms with van der Waals surface area (Å²) in [5, 5.41) is 0.427. The predicted molar refractivity (Wildman–Crippen MR) is 131 cm³/mol. The van der Waals surface area contributed by atoms with Gasteiger partial charge in [0.1, 0.15) is 6.04 Å². The lowest BCUT2D eigenvalue weighted by molar-refractivity contribution is -0.133. The number of anilines is 1. The third kappa shape index (κ3) is 6.12. The molecule has 0 aromatic heterocycles. The molecular weight excluding hydrogens is 446 g/mol. The van der Waals surface area contributed by atoms with Gasteiger partial charge in [-0.05, 0) is 37.1 Å². The predicted octanol–water partition coefficient (Wildman–Crippen LogP) is 3.66. The second-order valence-electron chi connectivity index (χ2n) is 8.10. The van der Waals surface area contributed by atoms with Crippen LogP contribution in [0.25, 0.3) is 6.08 Å². The van der Waals surface area contributed by atoms with Crippen molar-refractivity contribution in [3.63, 3.8) is 0 Å². The van der Waals surface area contributed by atoms with E-state index in [9.17, 15) is 13.2 Å². The number of hydrogen-bond acceptors (Lipinski definition) is 4. The minimum Gasteiger partial charge on any atom is -0.338 e. The fourth-order valence-electron chi connectivity index (χ4n) is 3.91. The number of nitrogens with zero attached hydrogens (tertiary/aromatic N) is 3. The average molecular weight is 476 g/mol. The maximum Gasteiger partial charge on any atom is 0.246 e. The third-order valence-corrected chi connectivity index (χ3v) is 7.10. The number of rotatable bonds is 7. The topological polar surface area (TPSA) is 60.9 Å². The molecule has 0 saturated carbocycles. The van der Waals surface area contributed by atoms with Crippen LogP contribution in [0, 0.1) is 6.92 Å². The zero-order chi connectivity index (χ0) is 23.3. The zero-order valence-electron chi connectivity index (χ0n) is 18.7. The Morgan fingerprint density at radius 3 is 2.41 bits per heavy atom. The third-order valence-electron chi connectivity index (χ3n) is 5.63. The standard InChI is InChI=1S/C24H30ClN3O3S/c1-19-11-12-22(25)18-23(19)28(32(3,30)31)20(2)24(29)27-16-14-26(15-17-27)13-7-10-21-8-5-4-6-9-21/h4-12,18,20H,13-17H2,1-3H3/b10-7+. The van der Waals surface area contributed by atoms with Crippen molar-refractivity contribution in [2.24, 2.45) is 0 Å². The molecule has 32 heavy (non-hydrogen) atoms. The van der Waals surface area contributed by atoms with Gasteiger partial charge in [0.15, 0.2) is 0 Å². The summed E-state index contributed by atoms with van der Waals surface area (Å²) in [6.45, 7) is 6.87. The van der Waals surface area contributed by atoms with Crippen LogP contribution in [0.1, 0.15) is 18.1 Å². The van der Waals surface area contributed by atoms with Crippen molar-refractivity contribution in [2.75, 3.05) is 43.3 Å². The van der Waals surface area contributed by atoms with Crippen molar-refractivity contribution in [3.8, 4) is 0 Å². The number of carbonyl (C=O) groups is 1. The smallest absolute Gasteiger partial charge is 0.246 e. The molecule has 1 aliphatic rings. The van der Waals surface area contributed by atoms with E-state index in [2.05, 4.69) is 29.2 Å². The molecule has 6 nitrogen and oxygen atoms in total. The number of halogens is 1. The summed E-state index contributed by atoms with van der Waals surface area (Å²) < 4.78 is 26.4. The first kappa shape index (κ1) is 24.3. The minimum atomic E-state index is -3.68. The van der Waals surface area contributed by atoms with Crippen LogP contribution >= 0.6 is 11.6 Å². The van der Waals surface area contributed by atoms with Crippen molar-refractivity contribution in [2.45, 2.75) is 19.9 Å². The van der Waals surface area contributed by atoms with Crippen molar-refractivity contribution in [1.29, 1.82) is 0 Å². The molecule has 1 saturated heterocycles. The van der Waals surface area contributed by atoms with Gasteiger partial charge in [0.2, 0.25) is 15.9 Å². The second kappa shape index (κ2) is 10.5. The Morgan fingerprint density at radius 1 is 1.12 bits per heavy atom. The first-order chi connectivity index (χ1) is 15.2. The molecule has 1 atom stereocenters. The van der Waals surface area contributed by atoms with Gasteiger partial charge in [-0.25, -0.2) is 8.42 Å². The van der Waals surface area contributed by atoms with Crippen molar-refractivity contribution < 1.29 is 13.2 Å². The normalized spacial score (nSPS) is 16.3. The van der Waals surface area contributed by atoms with E-state index in [0.29, 0.717) is 23.8 Å². The van der Waals surface area contributed by atoms with E-state index in [-0.39, 0.29) is 5.91 Å². The Bertz CT molecular complexity index is 1070. The SMILES string of the molecule is Cc1ccc(Cl)cc1N(C(C)C(=O)N1CCN(C/C=C/c2ccccc2)CC1)S(C)(=O)=O. The summed E-state index contributed by atoms with van der Waals surface area (Å²) in [4.78, 5) is 17.2. The highest BCUT2D eigenvalue weighted by atomic mass is 35.5. The Morgan fingerprint density at radius 2 is 1.78 bits per heavy atom. The summed E-state index contributed by atoms with van der Waals surface area (Å²) in [7, 11) is -3.68. The highest BCUT2D eigenvalue weighted by molar-refractivity contribution is 7.92. The maximum absolute atomic E-state index is 13.2. The van der Waals surface area contributed by atoms with E-state index >= 15 is 0 Å². The van der Waals surface area contributed by atoms with Gasteiger partial charge in [-0.3, -0.25) is 14.0 Å². The van der Waals surface area contributed by atoms with Gasteiger partial charge in [0.05, 0.1) is 11.9 Å². The number of piperazine rings is 1. The molecule has 0 N–H and O–H groups in total. The molecule has 1 amide bonds. The molecule has 1 heterocycles. The van der Waals surface area contributed by atoms with E-state index in [1.807, 2.05) is 25.1 Å². The number of benzene rings is 2. The molecule has 3 rings (SSSR count). The number of aryl methyl sites for hydroxylation is 1. The van der Waals surface area contributed by atoms with Gasteiger partial charge < -0.3 is 4.90 Å². The Kier molecular flexibility index (Phi) is 7.98. The summed E-state index contributed by atoms with van der Waals surface area (Å²) in [5.41, 5.74) is 2.34. The molecule has 1 unspecified atom stereocenters. The largest absolute Gasteiger partial charge is 0.338 e. The Hall–Kier alpha value is -2.35. The van der Waals surface area contributed by atoms with Gasteiger partial charge in [-0.1, -0.05) is 60.2 Å². The van der Waals surface area contributed by atoms with Crippen LogP contribution in [0.2, 0.25) is 5.02 Å². The monoisotopic (exact) mass is 475 g/mol. The van der Waals surface area contributed by atoms with E-state index in [1.54, 1.807) is 30.0 Å². The lowest BCUT2D eigenvalue weighted by Gasteiger charge is -2.38. The van der Waals surface area contributed by atoms with Crippen LogP contribution < -0.4 is 4.31 Å². The number of carbonyl (C=O) groups excluding carboxylic acids is 1. The van der Waals surface area contributed by atoms with Crippen LogP contribution in [-0.2, 0) is 14.8 Å². The second-order valence-corrected chi connectivity index (χ2v) is 10.4. The van der Waals surface area contributed by atoms with Crippen LogP contribution in [0.15, 0.2) is 54.6 Å². The lowest BCUT2D eigenvalue weighted by Crippen LogP contribution is -2.55. The van der Waals surface area contributed by atoms with E-state index < -0.39 is 16.1 Å².